The zero-order valence-electron chi connectivity index (χ0n) is 11.1. The molecule has 17 heavy (non-hydrogen) atoms. The van der Waals surface area contributed by atoms with Crippen LogP contribution in [0.5, 0.6) is 0 Å². The number of hydrogen-bond donors (Lipinski definition) is 0. The summed E-state index contributed by atoms with van der Waals surface area (Å²) in [6, 6.07) is 0.239. The molecule has 0 bridgehead atoms. The Labute approximate surface area is 103 Å². The minimum Gasteiger partial charge on any atom is -0.353 e. The number of ether oxygens (including phenoxy) is 1. The van der Waals surface area contributed by atoms with Gasteiger partial charge in [0.2, 0.25) is 5.91 Å². The first-order valence-corrected chi connectivity index (χ1v) is 6.55. The van der Waals surface area contributed by atoms with Crippen LogP contribution in [0.25, 0.3) is 0 Å². The fourth-order valence-corrected chi connectivity index (χ4v) is 3.86. The maximum Gasteiger partial charge on any atom is 0.232 e. The molecule has 2 aliphatic heterocycles. The Morgan fingerprint density at radius 1 is 1.47 bits per heavy atom. The third-order valence-electron chi connectivity index (χ3n) is 4.97. The summed E-state index contributed by atoms with van der Waals surface area (Å²) < 4.78 is 6.04. The smallest absolute Gasteiger partial charge is 0.232 e. The van der Waals surface area contributed by atoms with Gasteiger partial charge in [0.25, 0.3) is 0 Å². The fraction of sp³-hybridized carbons (Fsp3) is 0.786. The summed E-state index contributed by atoms with van der Waals surface area (Å²) in [6.45, 7) is 9.18. The molecule has 2 heterocycles. The van der Waals surface area contributed by atoms with Crippen LogP contribution in [0.2, 0.25) is 0 Å². The van der Waals surface area contributed by atoms with Gasteiger partial charge in [-0.15, -0.1) is 0 Å². The van der Waals surface area contributed by atoms with Crippen LogP contribution in [0.3, 0.4) is 0 Å². The van der Waals surface area contributed by atoms with Crippen LogP contribution in [0, 0.1) is 17.3 Å². The second kappa shape index (κ2) is 3.14. The Morgan fingerprint density at radius 3 is 2.82 bits per heavy atom. The molecule has 0 N–H and O–H groups in total. The van der Waals surface area contributed by atoms with Gasteiger partial charge in [0.05, 0.1) is 18.1 Å². The average Bonchev–Trinajstić information content (AvgIpc) is 2.83. The van der Waals surface area contributed by atoms with E-state index in [1.807, 2.05) is 4.90 Å². The van der Waals surface area contributed by atoms with E-state index in [2.05, 4.69) is 39.8 Å². The van der Waals surface area contributed by atoms with E-state index in [4.69, 9.17) is 4.74 Å². The minimum absolute atomic E-state index is 0.214. The molecular weight excluding hydrogens is 214 g/mol. The molecule has 0 aromatic carbocycles. The maximum atomic E-state index is 12.7. The van der Waals surface area contributed by atoms with E-state index in [-0.39, 0.29) is 23.3 Å². The number of hydrogen-bond acceptors (Lipinski definition) is 2. The summed E-state index contributed by atoms with van der Waals surface area (Å²) in [5.74, 6) is 0.949. The predicted octanol–water partition coefficient (Wildman–Crippen LogP) is 2.18. The molecule has 94 valence electrons. The van der Waals surface area contributed by atoms with E-state index in [1.165, 1.54) is 0 Å². The van der Waals surface area contributed by atoms with Gasteiger partial charge < -0.3 is 9.64 Å². The minimum atomic E-state index is -0.409. The zero-order chi connectivity index (χ0) is 12.4. The summed E-state index contributed by atoms with van der Waals surface area (Å²) in [5, 5.41) is 0. The normalized spacial score (nSPS) is 48.1. The summed E-state index contributed by atoms with van der Waals surface area (Å²) >= 11 is 0. The lowest BCUT2D eigenvalue weighted by Crippen LogP contribution is -2.47. The highest BCUT2D eigenvalue weighted by Crippen LogP contribution is 2.57. The first-order chi connectivity index (χ1) is 7.91. The largest absolute Gasteiger partial charge is 0.353 e. The lowest BCUT2D eigenvalue weighted by Gasteiger charge is -2.33. The molecule has 0 unspecified atom stereocenters. The van der Waals surface area contributed by atoms with Crippen LogP contribution in [0.4, 0.5) is 0 Å². The molecule has 4 atom stereocenters. The number of rotatable bonds is 1. The van der Waals surface area contributed by atoms with Gasteiger partial charge in [0.1, 0.15) is 5.72 Å². The van der Waals surface area contributed by atoms with Crippen LogP contribution < -0.4 is 0 Å². The van der Waals surface area contributed by atoms with E-state index in [0.29, 0.717) is 12.5 Å². The standard InChI is InChI=1S/C14H21NO2/c1-9(2)10-8-17-14(4)11-6-5-7-13(11,3)12(16)15(10)14/h5-6,9-11H,7-8H2,1-4H3/t10-,11+,13-,14-/m1/s1. The fourth-order valence-electron chi connectivity index (χ4n) is 3.86. The van der Waals surface area contributed by atoms with Gasteiger partial charge in [-0.2, -0.15) is 0 Å². The number of amides is 1. The van der Waals surface area contributed by atoms with Gasteiger partial charge >= 0.3 is 0 Å². The van der Waals surface area contributed by atoms with Gasteiger partial charge in [0, 0.05) is 5.92 Å². The van der Waals surface area contributed by atoms with Crippen molar-refractivity contribution >= 4 is 5.91 Å². The first-order valence-electron chi connectivity index (χ1n) is 6.55. The quantitative estimate of drug-likeness (QED) is 0.652. The molecule has 0 aromatic heterocycles. The van der Waals surface area contributed by atoms with Crippen molar-refractivity contribution in [2.45, 2.75) is 45.9 Å². The van der Waals surface area contributed by atoms with Crippen molar-refractivity contribution in [3.8, 4) is 0 Å². The molecule has 0 radical (unpaired) electrons. The van der Waals surface area contributed by atoms with Crippen molar-refractivity contribution in [1.82, 2.24) is 4.90 Å². The van der Waals surface area contributed by atoms with E-state index < -0.39 is 5.72 Å². The first kappa shape index (κ1) is 11.3. The Kier molecular flexibility index (Phi) is 2.08. The summed E-state index contributed by atoms with van der Waals surface area (Å²) in [5.41, 5.74) is -0.671. The van der Waals surface area contributed by atoms with Gasteiger partial charge in [-0.05, 0) is 26.2 Å². The van der Waals surface area contributed by atoms with Crippen molar-refractivity contribution in [2.75, 3.05) is 6.61 Å². The van der Waals surface area contributed by atoms with Gasteiger partial charge in [-0.3, -0.25) is 4.79 Å². The predicted molar refractivity (Wildman–Crippen MR) is 65.2 cm³/mol. The molecular formula is C14H21NO2. The monoisotopic (exact) mass is 235 g/mol. The topological polar surface area (TPSA) is 29.5 Å². The third kappa shape index (κ3) is 1.13. The van der Waals surface area contributed by atoms with Crippen LogP contribution >= 0.6 is 0 Å². The molecule has 3 heteroatoms. The molecule has 2 saturated heterocycles. The van der Waals surface area contributed by atoms with Crippen molar-refractivity contribution in [3.05, 3.63) is 12.2 Å². The summed E-state index contributed by atoms with van der Waals surface area (Å²) in [4.78, 5) is 14.7. The van der Waals surface area contributed by atoms with Crippen LogP contribution in [-0.2, 0) is 9.53 Å². The van der Waals surface area contributed by atoms with Crippen molar-refractivity contribution < 1.29 is 9.53 Å². The molecule has 2 fully saturated rings. The average molecular weight is 235 g/mol. The van der Waals surface area contributed by atoms with E-state index in [0.717, 1.165) is 6.42 Å². The molecule has 0 saturated carbocycles. The van der Waals surface area contributed by atoms with E-state index in [1.54, 1.807) is 0 Å². The maximum absolute atomic E-state index is 12.7. The summed E-state index contributed by atoms with van der Waals surface area (Å²) in [7, 11) is 0. The molecule has 0 aromatic rings. The van der Waals surface area contributed by atoms with Crippen molar-refractivity contribution in [3.63, 3.8) is 0 Å². The molecule has 1 amide bonds. The highest BCUT2D eigenvalue weighted by molar-refractivity contribution is 5.88. The third-order valence-corrected chi connectivity index (χ3v) is 4.97. The Morgan fingerprint density at radius 2 is 2.18 bits per heavy atom. The number of carbonyl (C=O) groups excluding carboxylic acids is 1. The Bertz CT molecular complexity index is 403. The lowest BCUT2D eigenvalue weighted by atomic mass is 9.78. The second-order valence-corrected chi connectivity index (χ2v) is 6.38. The second-order valence-electron chi connectivity index (χ2n) is 6.38. The Hall–Kier alpha value is -0.830. The molecule has 0 spiro atoms. The highest BCUT2D eigenvalue weighted by atomic mass is 16.5. The number of nitrogens with zero attached hydrogens (tertiary/aromatic N) is 1. The SMILES string of the molecule is CC(C)[C@H]1CO[C@]2(C)[C@H]3C=CC[C@@]3(C)C(=O)N12. The van der Waals surface area contributed by atoms with Gasteiger partial charge in [0.15, 0.2) is 0 Å². The number of carbonyl (C=O) groups is 1. The molecule has 1 aliphatic carbocycles. The van der Waals surface area contributed by atoms with Crippen molar-refractivity contribution in [1.29, 1.82) is 0 Å². The van der Waals surface area contributed by atoms with Gasteiger partial charge in [-0.1, -0.05) is 26.0 Å². The zero-order valence-corrected chi connectivity index (χ0v) is 11.1. The number of allylic oxidation sites excluding steroid dienone is 1. The lowest BCUT2D eigenvalue weighted by molar-refractivity contribution is -0.142. The molecule has 3 aliphatic rings. The van der Waals surface area contributed by atoms with Crippen LogP contribution in [0.1, 0.15) is 34.1 Å². The Balaban J connectivity index is 2.06. The van der Waals surface area contributed by atoms with E-state index >= 15 is 0 Å². The summed E-state index contributed by atoms with van der Waals surface area (Å²) in [6.07, 6.45) is 5.18. The van der Waals surface area contributed by atoms with Crippen LogP contribution in [-0.4, -0.2) is 29.2 Å². The van der Waals surface area contributed by atoms with Crippen LogP contribution in [0.15, 0.2) is 12.2 Å². The molecule has 3 rings (SSSR count). The molecule has 3 nitrogen and oxygen atoms in total. The van der Waals surface area contributed by atoms with Crippen molar-refractivity contribution in [2.24, 2.45) is 17.3 Å². The van der Waals surface area contributed by atoms with E-state index in [9.17, 15) is 4.79 Å². The van der Waals surface area contributed by atoms with Gasteiger partial charge in [-0.25, -0.2) is 0 Å². The highest BCUT2D eigenvalue weighted by Gasteiger charge is 2.67. The number of fused-ring (bicyclic) bond motifs is 3.